The molecule has 0 atom stereocenters. The quantitative estimate of drug-likeness (QED) is 0.614. The van der Waals surface area contributed by atoms with Gasteiger partial charge in [0.15, 0.2) is 5.75 Å². The summed E-state index contributed by atoms with van der Waals surface area (Å²) in [6, 6.07) is 7.62. The van der Waals surface area contributed by atoms with Crippen LogP contribution in [0.1, 0.15) is 12.8 Å². The van der Waals surface area contributed by atoms with Crippen molar-refractivity contribution in [2.45, 2.75) is 18.9 Å². The molecule has 0 unspecified atom stereocenters. The summed E-state index contributed by atoms with van der Waals surface area (Å²) in [6.45, 7) is 2.35. The van der Waals surface area contributed by atoms with Gasteiger partial charge in [-0.1, -0.05) is 12.1 Å². The average molecular weight is 317 g/mol. The van der Waals surface area contributed by atoms with Crippen molar-refractivity contribution in [3.63, 3.8) is 0 Å². The van der Waals surface area contributed by atoms with Crippen molar-refractivity contribution in [1.29, 1.82) is 0 Å². The number of para-hydroxylation sites is 2. The highest BCUT2D eigenvalue weighted by Gasteiger charge is 2.29. The number of amides is 1. The predicted octanol–water partition coefficient (Wildman–Crippen LogP) is 0.965. The molecule has 2 aliphatic heterocycles. The number of anilines is 1. The standard InChI is InChI=1S/C17H23N3O3/c1-18-9-7-13(8-10-18)19(2)16(21)11-20-12-17(22)23-15-6-4-3-5-14(15)20/h3-6,13H,7-12H2,1-2H3. The van der Waals surface area contributed by atoms with Crippen LogP contribution in [0.5, 0.6) is 5.75 Å². The van der Waals surface area contributed by atoms with E-state index in [9.17, 15) is 9.59 Å². The number of carbonyl (C=O) groups excluding carboxylic acids is 2. The van der Waals surface area contributed by atoms with Gasteiger partial charge in [-0.15, -0.1) is 0 Å². The number of fused-ring (bicyclic) bond motifs is 1. The average Bonchev–Trinajstić information content (AvgIpc) is 2.54. The lowest BCUT2D eigenvalue weighted by molar-refractivity contribution is -0.134. The lowest BCUT2D eigenvalue weighted by Gasteiger charge is -2.37. The Morgan fingerprint density at radius 1 is 1.30 bits per heavy atom. The topological polar surface area (TPSA) is 53.1 Å². The molecule has 0 N–H and O–H groups in total. The number of likely N-dealkylation sites (N-methyl/N-ethyl adjacent to an activating group) is 1. The Morgan fingerprint density at radius 2 is 2.00 bits per heavy atom. The number of rotatable bonds is 3. The van der Waals surface area contributed by atoms with E-state index >= 15 is 0 Å². The summed E-state index contributed by atoms with van der Waals surface area (Å²) in [5.41, 5.74) is 0.803. The molecule has 0 spiro atoms. The van der Waals surface area contributed by atoms with E-state index in [4.69, 9.17) is 4.74 Å². The third-order valence-electron chi connectivity index (χ3n) is 4.71. The van der Waals surface area contributed by atoms with Gasteiger partial charge >= 0.3 is 5.97 Å². The van der Waals surface area contributed by atoms with E-state index in [1.807, 2.05) is 30.1 Å². The molecule has 1 amide bonds. The van der Waals surface area contributed by atoms with Crippen molar-refractivity contribution >= 4 is 17.6 Å². The van der Waals surface area contributed by atoms with E-state index in [1.54, 1.807) is 11.0 Å². The van der Waals surface area contributed by atoms with Crippen molar-refractivity contribution in [3.8, 4) is 5.75 Å². The van der Waals surface area contributed by atoms with Gasteiger partial charge in [0.1, 0.15) is 6.54 Å². The van der Waals surface area contributed by atoms with Gasteiger partial charge in [0.05, 0.1) is 12.2 Å². The van der Waals surface area contributed by atoms with Gasteiger partial charge < -0.3 is 19.4 Å². The highest BCUT2D eigenvalue weighted by molar-refractivity contribution is 5.89. The van der Waals surface area contributed by atoms with E-state index in [0.29, 0.717) is 5.75 Å². The predicted molar refractivity (Wildman–Crippen MR) is 87.6 cm³/mol. The summed E-state index contributed by atoms with van der Waals surface area (Å²) in [5.74, 6) is 0.251. The first-order valence-electron chi connectivity index (χ1n) is 8.03. The molecule has 3 rings (SSSR count). The monoisotopic (exact) mass is 317 g/mol. The molecule has 0 saturated carbocycles. The molecule has 124 valence electrons. The van der Waals surface area contributed by atoms with Gasteiger partial charge in [-0.2, -0.15) is 0 Å². The Bertz CT molecular complexity index is 597. The summed E-state index contributed by atoms with van der Waals surface area (Å²) >= 11 is 0. The smallest absolute Gasteiger partial charge is 0.331 e. The third-order valence-corrected chi connectivity index (χ3v) is 4.71. The minimum absolute atomic E-state index is 0.0454. The summed E-state index contributed by atoms with van der Waals surface area (Å²) in [4.78, 5) is 30.3. The van der Waals surface area contributed by atoms with Crippen LogP contribution < -0.4 is 9.64 Å². The zero-order chi connectivity index (χ0) is 16.4. The highest BCUT2D eigenvalue weighted by Crippen LogP contribution is 2.31. The van der Waals surface area contributed by atoms with Crippen LogP contribution in [0.3, 0.4) is 0 Å². The van der Waals surface area contributed by atoms with Crippen LogP contribution in [0.4, 0.5) is 5.69 Å². The van der Waals surface area contributed by atoms with Gasteiger partial charge in [0.25, 0.3) is 0 Å². The zero-order valence-corrected chi connectivity index (χ0v) is 13.7. The lowest BCUT2D eigenvalue weighted by atomic mass is 10.0. The van der Waals surface area contributed by atoms with Crippen LogP contribution in [0, 0.1) is 0 Å². The molecule has 0 bridgehead atoms. The minimum Gasteiger partial charge on any atom is -0.423 e. The Hall–Kier alpha value is -2.08. The first kappa shape index (κ1) is 15.8. The van der Waals surface area contributed by atoms with E-state index in [-0.39, 0.29) is 31.0 Å². The van der Waals surface area contributed by atoms with E-state index in [0.717, 1.165) is 31.6 Å². The normalized spacial score (nSPS) is 19.2. The molecule has 1 aromatic rings. The number of hydrogen-bond donors (Lipinski definition) is 0. The van der Waals surface area contributed by atoms with Crippen LogP contribution in [0.15, 0.2) is 24.3 Å². The van der Waals surface area contributed by atoms with Gasteiger partial charge in [-0.05, 0) is 45.1 Å². The fourth-order valence-corrected chi connectivity index (χ4v) is 3.20. The van der Waals surface area contributed by atoms with Crippen LogP contribution in [0.25, 0.3) is 0 Å². The molecule has 2 heterocycles. The van der Waals surface area contributed by atoms with E-state index < -0.39 is 0 Å². The number of nitrogens with zero attached hydrogens (tertiary/aromatic N) is 3. The fourth-order valence-electron chi connectivity index (χ4n) is 3.20. The van der Waals surface area contributed by atoms with Crippen LogP contribution >= 0.6 is 0 Å². The molecule has 1 aromatic carbocycles. The summed E-state index contributed by atoms with van der Waals surface area (Å²) < 4.78 is 5.22. The van der Waals surface area contributed by atoms with Gasteiger partial charge in [0.2, 0.25) is 5.91 Å². The highest BCUT2D eigenvalue weighted by atomic mass is 16.5. The number of hydrogen-bond acceptors (Lipinski definition) is 5. The summed E-state index contributed by atoms with van der Waals surface area (Å²) in [6.07, 6.45) is 1.99. The van der Waals surface area contributed by atoms with Crippen molar-refractivity contribution in [1.82, 2.24) is 9.80 Å². The lowest BCUT2D eigenvalue weighted by Crippen LogP contribution is -2.49. The maximum Gasteiger partial charge on any atom is 0.331 e. The SMILES string of the molecule is CN1CCC(N(C)C(=O)CN2CC(=O)Oc3ccccc32)CC1. The Balaban J connectivity index is 1.67. The molecule has 0 aliphatic carbocycles. The maximum atomic E-state index is 12.6. The fraction of sp³-hybridized carbons (Fsp3) is 0.529. The van der Waals surface area contributed by atoms with Crippen LogP contribution in [-0.2, 0) is 9.59 Å². The molecular formula is C17H23N3O3. The van der Waals surface area contributed by atoms with Crippen LogP contribution in [-0.4, -0.2) is 68.0 Å². The van der Waals surface area contributed by atoms with Crippen molar-refractivity contribution in [2.24, 2.45) is 0 Å². The second-order valence-electron chi connectivity index (χ2n) is 6.34. The molecule has 23 heavy (non-hydrogen) atoms. The Morgan fingerprint density at radius 3 is 2.74 bits per heavy atom. The van der Waals surface area contributed by atoms with E-state index in [1.165, 1.54) is 0 Å². The molecule has 2 aliphatic rings. The number of ether oxygens (including phenoxy) is 1. The molecular weight excluding hydrogens is 294 g/mol. The molecule has 1 saturated heterocycles. The summed E-state index contributed by atoms with van der Waals surface area (Å²) in [5, 5.41) is 0. The van der Waals surface area contributed by atoms with Gasteiger partial charge in [-0.3, -0.25) is 4.79 Å². The van der Waals surface area contributed by atoms with Crippen molar-refractivity contribution < 1.29 is 14.3 Å². The number of likely N-dealkylation sites (tertiary alicyclic amines) is 1. The molecule has 6 nitrogen and oxygen atoms in total. The summed E-state index contributed by atoms with van der Waals surface area (Å²) in [7, 11) is 3.97. The first-order chi connectivity index (χ1) is 11.0. The second kappa shape index (κ2) is 6.58. The van der Waals surface area contributed by atoms with Crippen molar-refractivity contribution in [2.75, 3.05) is 45.2 Å². The molecule has 0 radical (unpaired) electrons. The molecule has 1 fully saturated rings. The number of esters is 1. The number of carbonyl (C=O) groups is 2. The largest absolute Gasteiger partial charge is 0.423 e. The number of piperidine rings is 1. The third kappa shape index (κ3) is 3.47. The Kier molecular flexibility index (Phi) is 4.52. The minimum atomic E-state index is -0.321. The maximum absolute atomic E-state index is 12.6. The molecule has 0 aromatic heterocycles. The zero-order valence-electron chi connectivity index (χ0n) is 13.7. The second-order valence-corrected chi connectivity index (χ2v) is 6.34. The van der Waals surface area contributed by atoms with Gasteiger partial charge in [-0.25, -0.2) is 4.79 Å². The van der Waals surface area contributed by atoms with Crippen molar-refractivity contribution in [3.05, 3.63) is 24.3 Å². The Labute approximate surface area is 136 Å². The van der Waals surface area contributed by atoms with Gasteiger partial charge in [0, 0.05) is 13.1 Å². The first-order valence-corrected chi connectivity index (χ1v) is 8.03. The number of benzene rings is 1. The van der Waals surface area contributed by atoms with Crippen LogP contribution in [0.2, 0.25) is 0 Å². The van der Waals surface area contributed by atoms with E-state index in [2.05, 4.69) is 11.9 Å². The molecule has 6 heteroatoms.